The Kier molecular flexibility index (Phi) is 8.01. The smallest absolute Gasteiger partial charge is 0.331 e. The molecule has 0 aliphatic carbocycles. The van der Waals surface area contributed by atoms with Gasteiger partial charge < -0.3 is 14.6 Å². The van der Waals surface area contributed by atoms with E-state index in [4.69, 9.17) is 9.47 Å². The lowest BCUT2D eigenvalue weighted by atomic mass is 10.1. The Morgan fingerprint density at radius 2 is 2.14 bits per heavy atom. The van der Waals surface area contributed by atoms with Crippen molar-refractivity contribution in [1.29, 1.82) is 0 Å². The lowest BCUT2D eigenvalue weighted by Gasteiger charge is -2.19. The van der Waals surface area contributed by atoms with Crippen LogP contribution in [0.4, 0.5) is 0 Å². The fourth-order valence-corrected chi connectivity index (χ4v) is 2.13. The Bertz CT molecular complexity index is 421. The van der Waals surface area contributed by atoms with Crippen LogP contribution in [0.25, 0.3) is 0 Å². The maximum absolute atomic E-state index is 11.8. The van der Waals surface area contributed by atoms with Crippen molar-refractivity contribution in [3.05, 3.63) is 35.5 Å². The maximum Gasteiger partial charge on any atom is 0.331 e. The second kappa shape index (κ2) is 9.53. The van der Waals surface area contributed by atoms with Crippen molar-refractivity contribution in [3.8, 4) is 0 Å². The van der Waals surface area contributed by atoms with Crippen molar-refractivity contribution in [3.63, 3.8) is 0 Å². The van der Waals surface area contributed by atoms with E-state index in [-0.39, 0.29) is 12.7 Å². The Labute approximate surface area is 127 Å². The number of allylic oxidation sites excluding steroid dienone is 4. The molecule has 0 saturated heterocycles. The molecular weight excluding hydrogens is 268 g/mol. The summed E-state index contributed by atoms with van der Waals surface area (Å²) in [6.45, 7) is 3.80. The average molecular weight is 294 g/mol. The monoisotopic (exact) mass is 294 g/mol. The van der Waals surface area contributed by atoms with Gasteiger partial charge in [-0.25, -0.2) is 4.79 Å². The molecule has 0 aromatic carbocycles. The number of aliphatic hydroxyl groups excluding tert-OH is 1. The molecule has 0 spiro atoms. The molecule has 1 aliphatic heterocycles. The van der Waals surface area contributed by atoms with Gasteiger partial charge in [-0.15, -0.1) is 0 Å². The molecule has 0 saturated carbocycles. The first kappa shape index (κ1) is 17.7. The van der Waals surface area contributed by atoms with Gasteiger partial charge in [-0.3, -0.25) is 0 Å². The Balaban J connectivity index is 2.87. The third-order valence-corrected chi connectivity index (χ3v) is 3.48. The van der Waals surface area contributed by atoms with Crippen LogP contribution in [0.15, 0.2) is 35.5 Å². The normalized spacial score (nSPS) is 32.1. The number of hydrogen-bond donors (Lipinski definition) is 1. The molecule has 1 aliphatic rings. The number of carbonyl (C=O) groups excluding carboxylic acids is 1. The van der Waals surface area contributed by atoms with Gasteiger partial charge in [-0.05, 0) is 33.1 Å². The van der Waals surface area contributed by atoms with Crippen LogP contribution in [-0.2, 0) is 14.3 Å². The van der Waals surface area contributed by atoms with Gasteiger partial charge in [0.25, 0.3) is 0 Å². The van der Waals surface area contributed by atoms with Crippen LogP contribution in [0.5, 0.6) is 0 Å². The largest absolute Gasteiger partial charge is 0.457 e. The fraction of sp³-hybridized carbons (Fsp3) is 0.588. The van der Waals surface area contributed by atoms with Crippen LogP contribution in [0, 0.1) is 0 Å². The zero-order valence-electron chi connectivity index (χ0n) is 13.2. The van der Waals surface area contributed by atoms with Crippen LogP contribution >= 0.6 is 0 Å². The minimum atomic E-state index is -0.545. The number of methoxy groups -OCH3 is 1. The zero-order chi connectivity index (χ0) is 15.7. The Morgan fingerprint density at radius 3 is 2.81 bits per heavy atom. The van der Waals surface area contributed by atoms with Crippen LogP contribution in [0.2, 0.25) is 0 Å². The summed E-state index contributed by atoms with van der Waals surface area (Å²) >= 11 is 0. The van der Waals surface area contributed by atoms with Crippen molar-refractivity contribution in [1.82, 2.24) is 0 Å². The van der Waals surface area contributed by atoms with E-state index in [1.165, 1.54) is 11.6 Å². The van der Waals surface area contributed by atoms with Crippen molar-refractivity contribution >= 4 is 5.97 Å². The highest BCUT2D eigenvalue weighted by molar-refractivity contribution is 5.82. The third kappa shape index (κ3) is 7.25. The first-order valence-electron chi connectivity index (χ1n) is 7.39. The standard InChI is InChI=1S/C17H26O4/c1-13-6-4-5-7-15(20-3)11-16(12-18)21-17(19)10-14(2)9-8-13/h5,7-8,10,15-16,18H,4,6,9,11-12H2,1-3H3/b7-5+,13-8-,14-10-. The number of hydrogen-bond acceptors (Lipinski definition) is 4. The molecule has 0 fully saturated rings. The molecule has 0 amide bonds. The van der Waals surface area contributed by atoms with Crippen LogP contribution in [0.3, 0.4) is 0 Å². The predicted molar refractivity (Wildman–Crippen MR) is 82.9 cm³/mol. The first-order valence-corrected chi connectivity index (χ1v) is 7.39. The lowest BCUT2D eigenvalue weighted by molar-refractivity contribution is -0.146. The molecular formula is C17H26O4. The zero-order valence-corrected chi connectivity index (χ0v) is 13.2. The van der Waals surface area contributed by atoms with E-state index >= 15 is 0 Å². The predicted octanol–water partition coefficient (Wildman–Crippen LogP) is 2.93. The summed E-state index contributed by atoms with van der Waals surface area (Å²) in [5.74, 6) is -0.409. The van der Waals surface area contributed by atoms with Crippen LogP contribution in [0.1, 0.15) is 39.5 Å². The van der Waals surface area contributed by atoms with E-state index in [9.17, 15) is 9.90 Å². The molecule has 0 radical (unpaired) electrons. The van der Waals surface area contributed by atoms with E-state index < -0.39 is 12.1 Å². The number of rotatable bonds is 2. The summed E-state index contributed by atoms with van der Waals surface area (Å²) in [6, 6.07) is 0. The highest BCUT2D eigenvalue weighted by Gasteiger charge is 2.17. The van der Waals surface area contributed by atoms with Crippen LogP contribution in [-0.4, -0.2) is 37.0 Å². The third-order valence-electron chi connectivity index (χ3n) is 3.48. The number of carbonyl (C=O) groups is 1. The molecule has 1 rings (SSSR count). The van der Waals surface area contributed by atoms with Crippen molar-refractivity contribution in [2.75, 3.05) is 13.7 Å². The van der Waals surface area contributed by atoms with E-state index in [0.29, 0.717) is 6.42 Å². The molecule has 1 N–H and O–H groups in total. The van der Waals surface area contributed by atoms with Gasteiger partial charge in [0.05, 0.1) is 12.7 Å². The van der Waals surface area contributed by atoms with Crippen LogP contribution < -0.4 is 0 Å². The molecule has 4 nitrogen and oxygen atoms in total. The van der Waals surface area contributed by atoms with E-state index in [0.717, 1.165) is 24.8 Å². The summed E-state index contributed by atoms with van der Waals surface area (Å²) in [7, 11) is 1.61. The SMILES string of the molecule is COC1/C=C/CC/C(C)=C\C/C(C)=C\C(=O)OC(CO)C1. The summed E-state index contributed by atoms with van der Waals surface area (Å²) in [5, 5.41) is 9.34. The molecule has 2 atom stereocenters. The fourth-order valence-electron chi connectivity index (χ4n) is 2.13. The van der Waals surface area contributed by atoms with Crippen molar-refractivity contribution in [2.24, 2.45) is 0 Å². The molecule has 21 heavy (non-hydrogen) atoms. The average Bonchev–Trinajstić information content (AvgIpc) is 2.46. The number of esters is 1. The lowest BCUT2D eigenvalue weighted by Crippen LogP contribution is -2.26. The van der Waals surface area contributed by atoms with E-state index in [1.807, 2.05) is 13.0 Å². The number of cyclic esters (lactones) is 1. The minimum absolute atomic E-state index is 0.160. The number of ether oxygens (including phenoxy) is 2. The summed E-state index contributed by atoms with van der Waals surface area (Å²) < 4.78 is 10.6. The Morgan fingerprint density at radius 1 is 1.38 bits per heavy atom. The Hall–Kier alpha value is -1.39. The molecule has 4 heteroatoms. The quantitative estimate of drug-likeness (QED) is 0.628. The van der Waals surface area contributed by atoms with Gasteiger partial charge in [0, 0.05) is 19.6 Å². The first-order chi connectivity index (χ1) is 10.0. The van der Waals surface area contributed by atoms with Crippen molar-refractivity contribution < 1.29 is 19.4 Å². The van der Waals surface area contributed by atoms with Gasteiger partial charge in [0.2, 0.25) is 0 Å². The second-order valence-electron chi connectivity index (χ2n) is 5.46. The van der Waals surface area contributed by atoms with Gasteiger partial charge in [-0.1, -0.05) is 29.4 Å². The summed E-state index contributed by atoms with van der Waals surface area (Å²) in [5.41, 5.74) is 2.26. The molecule has 0 bridgehead atoms. The second-order valence-corrected chi connectivity index (χ2v) is 5.46. The number of aliphatic hydroxyl groups is 1. The minimum Gasteiger partial charge on any atom is -0.457 e. The van der Waals surface area contributed by atoms with Crippen molar-refractivity contribution in [2.45, 2.75) is 51.7 Å². The molecule has 1 heterocycles. The summed E-state index contributed by atoms with van der Waals surface area (Å²) in [4.78, 5) is 11.8. The van der Waals surface area contributed by atoms with E-state index in [2.05, 4.69) is 19.1 Å². The molecule has 118 valence electrons. The molecule has 0 aromatic heterocycles. The van der Waals surface area contributed by atoms with E-state index in [1.54, 1.807) is 7.11 Å². The highest BCUT2D eigenvalue weighted by Crippen LogP contribution is 2.14. The van der Waals surface area contributed by atoms with Gasteiger partial charge in [0.15, 0.2) is 0 Å². The molecule has 2 unspecified atom stereocenters. The van der Waals surface area contributed by atoms with Gasteiger partial charge in [0.1, 0.15) is 6.10 Å². The maximum atomic E-state index is 11.8. The molecule has 0 aromatic rings. The topological polar surface area (TPSA) is 55.8 Å². The summed E-state index contributed by atoms with van der Waals surface area (Å²) in [6.07, 6.45) is 10.1. The highest BCUT2D eigenvalue weighted by atomic mass is 16.6. The van der Waals surface area contributed by atoms with Gasteiger partial charge in [-0.2, -0.15) is 0 Å². The van der Waals surface area contributed by atoms with Gasteiger partial charge >= 0.3 is 5.97 Å².